The van der Waals surface area contributed by atoms with E-state index >= 15 is 0 Å². The minimum absolute atomic E-state index is 0.0202. The van der Waals surface area contributed by atoms with E-state index in [0.29, 0.717) is 0 Å². The Morgan fingerprint density at radius 2 is 1.25 bits per heavy atom. The van der Waals surface area contributed by atoms with Gasteiger partial charge in [0, 0.05) is 13.1 Å². The molecule has 0 aliphatic rings. The second-order valence-electron chi connectivity index (χ2n) is 6.94. The van der Waals surface area contributed by atoms with Gasteiger partial charge in [-0.15, -0.1) is 0 Å². The molecule has 10 heteroatoms. The monoisotopic (exact) mass is 368 g/mol. The van der Waals surface area contributed by atoms with E-state index in [4.69, 9.17) is 13.7 Å². The smallest absolute Gasteiger partial charge is 0.407 e. The number of amides is 2. The van der Waals surface area contributed by atoms with Gasteiger partial charge in [0.1, 0.15) is 11.2 Å². The number of rotatable bonds is 7. The maximum absolute atomic E-state index is 11.6. The SMILES string of the molecule is CC(C)(C)OC(=O)NCCOS(=O)(=O)CCNC(=O)OC(C)(C)C. The Balaban J connectivity index is 3.95. The minimum atomic E-state index is -3.82. The number of nitrogens with one attached hydrogen (secondary N) is 2. The van der Waals surface area contributed by atoms with Crippen LogP contribution in [-0.4, -0.2) is 57.3 Å². The Kier molecular flexibility index (Phi) is 8.48. The molecule has 142 valence electrons. The summed E-state index contributed by atoms with van der Waals surface area (Å²) in [5.41, 5.74) is -1.29. The quantitative estimate of drug-likeness (QED) is 0.514. The van der Waals surface area contributed by atoms with E-state index in [-0.39, 0.29) is 19.7 Å². The zero-order valence-electron chi connectivity index (χ0n) is 15.1. The van der Waals surface area contributed by atoms with Gasteiger partial charge in [0.05, 0.1) is 12.4 Å². The Morgan fingerprint density at radius 3 is 1.67 bits per heavy atom. The van der Waals surface area contributed by atoms with Gasteiger partial charge in [0.25, 0.3) is 10.1 Å². The van der Waals surface area contributed by atoms with Gasteiger partial charge in [0.2, 0.25) is 0 Å². The first-order valence-electron chi connectivity index (χ1n) is 7.51. The molecule has 0 aromatic heterocycles. The van der Waals surface area contributed by atoms with Crippen LogP contribution in [0.15, 0.2) is 0 Å². The molecule has 2 N–H and O–H groups in total. The van der Waals surface area contributed by atoms with Crippen LogP contribution in [0.2, 0.25) is 0 Å². The Bertz CT molecular complexity index is 518. The van der Waals surface area contributed by atoms with Crippen molar-refractivity contribution < 1.29 is 31.7 Å². The Hall–Kier alpha value is -1.55. The average Bonchev–Trinajstić information content (AvgIpc) is 2.30. The largest absolute Gasteiger partial charge is 0.444 e. The summed E-state index contributed by atoms with van der Waals surface area (Å²) in [6.07, 6.45) is -1.36. The van der Waals surface area contributed by atoms with Gasteiger partial charge in [-0.25, -0.2) is 9.59 Å². The average molecular weight is 368 g/mol. The molecule has 0 saturated heterocycles. The summed E-state index contributed by atoms with van der Waals surface area (Å²) < 4.78 is 37.9. The van der Waals surface area contributed by atoms with Gasteiger partial charge in [-0.1, -0.05) is 0 Å². The van der Waals surface area contributed by atoms with E-state index in [2.05, 4.69) is 10.6 Å². The van der Waals surface area contributed by atoms with Crippen LogP contribution in [0.3, 0.4) is 0 Å². The molecule has 2 amide bonds. The number of alkyl carbamates (subject to hydrolysis) is 2. The molecule has 0 unspecified atom stereocenters. The van der Waals surface area contributed by atoms with E-state index in [1.807, 2.05) is 0 Å². The van der Waals surface area contributed by atoms with Crippen molar-refractivity contribution in [2.24, 2.45) is 0 Å². The van der Waals surface area contributed by atoms with Gasteiger partial charge in [-0.3, -0.25) is 4.18 Å². The summed E-state index contributed by atoms with van der Waals surface area (Å²) in [6, 6.07) is 0. The molecule has 0 aliphatic heterocycles. The van der Waals surface area contributed by atoms with Gasteiger partial charge in [0.15, 0.2) is 0 Å². The predicted molar refractivity (Wildman–Crippen MR) is 88.2 cm³/mol. The normalized spacial score (nSPS) is 12.4. The van der Waals surface area contributed by atoms with Gasteiger partial charge in [-0.2, -0.15) is 8.42 Å². The van der Waals surface area contributed by atoms with Crippen LogP contribution in [0.5, 0.6) is 0 Å². The molecule has 9 nitrogen and oxygen atoms in total. The van der Waals surface area contributed by atoms with Crippen LogP contribution >= 0.6 is 0 Å². The number of ether oxygens (including phenoxy) is 2. The lowest BCUT2D eigenvalue weighted by Gasteiger charge is -2.20. The van der Waals surface area contributed by atoms with Crippen LogP contribution in [0.4, 0.5) is 9.59 Å². The number of hydrogen-bond donors (Lipinski definition) is 2. The summed E-state index contributed by atoms with van der Waals surface area (Å²) in [5, 5.41) is 4.69. The highest BCUT2D eigenvalue weighted by Crippen LogP contribution is 2.07. The molecule has 0 aromatic rings. The van der Waals surface area contributed by atoms with E-state index in [0.717, 1.165) is 0 Å². The lowest BCUT2D eigenvalue weighted by molar-refractivity contribution is 0.0511. The first-order valence-corrected chi connectivity index (χ1v) is 9.09. The van der Waals surface area contributed by atoms with Crippen molar-refractivity contribution in [1.82, 2.24) is 10.6 Å². The molecule has 0 bridgehead atoms. The topological polar surface area (TPSA) is 120 Å². The molecule has 24 heavy (non-hydrogen) atoms. The highest BCUT2D eigenvalue weighted by Gasteiger charge is 2.18. The summed E-state index contributed by atoms with van der Waals surface area (Å²) in [4.78, 5) is 22.7. The van der Waals surface area contributed by atoms with Gasteiger partial charge >= 0.3 is 12.2 Å². The highest BCUT2D eigenvalue weighted by molar-refractivity contribution is 7.86. The fraction of sp³-hybridized carbons (Fsp3) is 0.857. The molecule has 0 aromatic carbocycles. The lowest BCUT2D eigenvalue weighted by atomic mass is 10.2. The molecule has 0 fully saturated rings. The van der Waals surface area contributed by atoms with E-state index in [1.165, 1.54) is 0 Å². The number of carbonyl (C=O) groups excluding carboxylic acids is 2. The first-order chi connectivity index (χ1) is 10.7. The standard InChI is InChI=1S/C14H28N2O7S/c1-13(2,3)22-11(17)15-7-9-21-24(19,20)10-8-16-12(18)23-14(4,5)6/h7-10H2,1-6H3,(H,15,17)(H,16,18). The van der Waals surface area contributed by atoms with Crippen molar-refractivity contribution in [3.8, 4) is 0 Å². The fourth-order valence-electron chi connectivity index (χ4n) is 1.29. The van der Waals surface area contributed by atoms with Gasteiger partial charge in [-0.05, 0) is 41.5 Å². The molecule has 0 radical (unpaired) electrons. The molecule has 0 spiro atoms. The Labute approximate surface area is 143 Å². The molecule has 0 saturated carbocycles. The van der Waals surface area contributed by atoms with Crippen LogP contribution in [0.25, 0.3) is 0 Å². The van der Waals surface area contributed by atoms with Crippen molar-refractivity contribution in [3.05, 3.63) is 0 Å². The third kappa shape index (κ3) is 14.1. The van der Waals surface area contributed by atoms with Crippen LogP contribution in [0, 0.1) is 0 Å². The number of hydrogen-bond acceptors (Lipinski definition) is 7. The molecule has 0 rings (SSSR count). The third-order valence-electron chi connectivity index (χ3n) is 2.05. The maximum Gasteiger partial charge on any atom is 0.407 e. The summed E-state index contributed by atoms with van der Waals surface area (Å²) in [5.74, 6) is -0.404. The van der Waals surface area contributed by atoms with Crippen molar-refractivity contribution in [2.45, 2.75) is 52.7 Å². The molecule has 0 atom stereocenters. The second kappa shape index (κ2) is 9.07. The van der Waals surface area contributed by atoms with Crippen molar-refractivity contribution in [3.63, 3.8) is 0 Å². The van der Waals surface area contributed by atoms with Crippen LogP contribution in [-0.2, 0) is 23.8 Å². The molecular formula is C14H28N2O7S. The number of carbonyl (C=O) groups is 2. The molecule has 0 aliphatic carbocycles. The zero-order valence-corrected chi connectivity index (χ0v) is 15.9. The van der Waals surface area contributed by atoms with E-state index in [1.54, 1.807) is 41.5 Å². The summed E-state index contributed by atoms with van der Waals surface area (Å²) in [6.45, 7) is 9.85. The summed E-state index contributed by atoms with van der Waals surface area (Å²) >= 11 is 0. The Morgan fingerprint density at radius 1 is 0.833 bits per heavy atom. The third-order valence-corrected chi connectivity index (χ3v) is 3.28. The summed E-state index contributed by atoms with van der Waals surface area (Å²) in [7, 11) is -3.82. The zero-order chi connectivity index (χ0) is 19.0. The molecular weight excluding hydrogens is 340 g/mol. The van der Waals surface area contributed by atoms with E-state index in [9.17, 15) is 18.0 Å². The molecule has 0 heterocycles. The lowest BCUT2D eigenvalue weighted by Crippen LogP contribution is -2.36. The van der Waals surface area contributed by atoms with Crippen LogP contribution in [0.1, 0.15) is 41.5 Å². The fourth-order valence-corrected chi connectivity index (χ4v) is 2.09. The van der Waals surface area contributed by atoms with Crippen molar-refractivity contribution in [2.75, 3.05) is 25.4 Å². The highest BCUT2D eigenvalue weighted by atomic mass is 32.2. The van der Waals surface area contributed by atoms with Crippen LogP contribution < -0.4 is 10.6 Å². The van der Waals surface area contributed by atoms with Gasteiger partial charge < -0.3 is 20.1 Å². The second-order valence-corrected chi connectivity index (χ2v) is 8.70. The van der Waals surface area contributed by atoms with Crippen molar-refractivity contribution in [1.29, 1.82) is 0 Å². The maximum atomic E-state index is 11.6. The minimum Gasteiger partial charge on any atom is -0.444 e. The first kappa shape index (κ1) is 22.4. The van der Waals surface area contributed by atoms with Crippen molar-refractivity contribution >= 4 is 22.3 Å². The van der Waals surface area contributed by atoms with E-state index < -0.39 is 39.3 Å². The predicted octanol–water partition coefficient (Wildman–Crippen LogP) is 1.38.